The van der Waals surface area contributed by atoms with Gasteiger partial charge < -0.3 is 10.1 Å². The van der Waals surface area contributed by atoms with Gasteiger partial charge in [0.25, 0.3) is 0 Å². The van der Waals surface area contributed by atoms with Crippen molar-refractivity contribution in [2.75, 3.05) is 13.2 Å². The van der Waals surface area contributed by atoms with Crippen molar-refractivity contribution in [3.8, 4) is 0 Å². The summed E-state index contributed by atoms with van der Waals surface area (Å²) in [5, 5.41) is 3.48. The van der Waals surface area contributed by atoms with Crippen LogP contribution < -0.4 is 5.32 Å². The molecule has 1 atom stereocenters. The van der Waals surface area contributed by atoms with Crippen LogP contribution in [0.5, 0.6) is 0 Å². The molecule has 0 saturated heterocycles. The van der Waals surface area contributed by atoms with Gasteiger partial charge in [0.1, 0.15) is 17.7 Å². The van der Waals surface area contributed by atoms with Gasteiger partial charge in [-0.2, -0.15) is 0 Å². The maximum absolute atomic E-state index is 13.3. The lowest BCUT2D eigenvalue weighted by Gasteiger charge is -2.20. The van der Waals surface area contributed by atoms with Crippen LogP contribution in [-0.4, -0.2) is 19.2 Å². The third kappa shape index (κ3) is 6.77. The van der Waals surface area contributed by atoms with Gasteiger partial charge in [0.05, 0.1) is 6.61 Å². The Morgan fingerprint density at radius 2 is 1.34 bits per heavy atom. The Bertz CT molecular complexity index is 805. The van der Waals surface area contributed by atoms with Gasteiger partial charge in [-0.3, -0.25) is 0 Å². The fourth-order valence-electron chi connectivity index (χ4n) is 3.27. The molecule has 0 aliphatic rings. The minimum atomic E-state index is -0.363. The van der Waals surface area contributed by atoms with Gasteiger partial charge in [-0.25, -0.2) is 8.78 Å². The standard InChI is InChI=1S/C25H27F2NO/c1-19(7-8-20-5-3-2-4-6-20)28-17-18-29-25(21-9-13-23(26)14-10-21)22-11-15-24(27)16-12-22/h2-6,9-16,19,25,28H,7-8,17-18H2,1H3. The first-order chi connectivity index (χ1) is 14.1. The van der Waals surface area contributed by atoms with Crippen LogP contribution in [0.1, 0.15) is 36.1 Å². The zero-order chi connectivity index (χ0) is 20.5. The molecule has 1 unspecified atom stereocenters. The quantitative estimate of drug-likeness (QED) is 0.446. The molecular formula is C25H27F2NO. The number of ether oxygens (including phenoxy) is 1. The van der Waals surface area contributed by atoms with Crippen molar-refractivity contribution < 1.29 is 13.5 Å². The van der Waals surface area contributed by atoms with Crippen molar-refractivity contribution in [3.63, 3.8) is 0 Å². The Morgan fingerprint density at radius 3 is 1.90 bits per heavy atom. The highest BCUT2D eigenvalue weighted by Crippen LogP contribution is 2.26. The second-order valence-electron chi connectivity index (χ2n) is 7.23. The highest BCUT2D eigenvalue weighted by Gasteiger charge is 2.15. The summed E-state index contributed by atoms with van der Waals surface area (Å²) in [7, 11) is 0. The van der Waals surface area contributed by atoms with E-state index in [4.69, 9.17) is 4.74 Å². The van der Waals surface area contributed by atoms with E-state index < -0.39 is 0 Å². The Balaban J connectivity index is 1.52. The molecular weight excluding hydrogens is 368 g/mol. The lowest BCUT2D eigenvalue weighted by atomic mass is 10.0. The lowest BCUT2D eigenvalue weighted by molar-refractivity contribution is 0.0806. The zero-order valence-corrected chi connectivity index (χ0v) is 16.7. The molecule has 1 N–H and O–H groups in total. The van der Waals surface area contributed by atoms with Crippen LogP contribution in [-0.2, 0) is 11.2 Å². The topological polar surface area (TPSA) is 21.3 Å². The minimum absolute atomic E-state index is 0.291. The summed E-state index contributed by atoms with van der Waals surface area (Å²) in [6.45, 7) is 3.37. The summed E-state index contributed by atoms with van der Waals surface area (Å²) < 4.78 is 32.7. The first kappa shape index (κ1) is 21.2. The molecule has 2 nitrogen and oxygen atoms in total. The summed E-state index contributed by atoms with van der Waals surface area (Å²) in [5.41, 5.74) is 3.02. The van der Waals surface area contributed by atoms with Crippen LogP contribution in [0, 0.1) is 11.6 Å². The summed E-state index contributed by atoms with van der Waals surface area (Å²) in [6.07, 6.45) is 1.71. The van der Waals surface area contributed by atoms with Crippen molar-refractivity contribution in [3.05, 3.63) is 107 Å². The second-order valence-corrected chi connectivity index (χ2v) is 7.23. The van der Waals surface area contributed by atoms with Gasteiger partial charge in [0.15, 0.2) is 0 Å². The van der Waals surface area contributed by atoms with E-state index in [1.54, 1.807) is 24.3 Å². The van der Waals surface area contributed by atoms with Crippen molar-refractivity contribution >= 4 is 0 Å². The van der Waals surface area contributed by atoms with Crippen molar-refractivity contribution in [2.45, 2.75) is 31.9 Å². The average molecular weight is 395 g/mol. The molecule has 0 radical (unpaired) electrons. The fourth-order valence-corrected chi connectivity index (χ4v) is 3.27. The maximum Gasteiger partial charge on any atom is 0.123 e. The molecule has 4 heteroatoms. The van der Waals surface area contributed by atoms with E-state index in [1.807, 2.05) is 6.07 Å². The summed E-state index contributed by atoms with van der Waals surface area (Å²) >= 11 is 0. The highest BCUT2D eigenvalue weighted by atomic mass is 19.1. The molecule has 0 amide bonds. The summed E-state index contributed by atoms with van der Waals surface area (Å²) in [4.78, 5) is 0. The molecule has 0 aliphatic heterocycles. The zero-order valence-electron chi connectivity index (χ0n) is 16.7. The molecule has 3 rings (SSSR count). The smallest absolute Gasteiger partial charge is 0.123 e. The Labute approximate surface area is 171 Å². The number of nitrogens with one attached hydrogen (secondary N) is 1. The van der Waals surface area contributed by atoms with E-state index >= 15 is 0 Å². The number of hydrogen-bond acceptors (Lipinski definition) is 2. The SMILES string of the molecule is CC(CCc1ccccc1)NCCOC(c1ccc(F)cc1)c1ccc(F)cc1. The van der Waals surface area contributed by atoms with E-state index in [0.29, 0.717) is 19.2 Å². The number of aryl methyl sites for hydroxylation is 1. The molecule has 0 aromatic heterocycles. The Hall–Kier alpha value is -2.56. The first-order valence-electron chi connectivity index (χ1n) is 10.0. The predicted molar refractivity (Wildman–Crippen MR) is 113 cm³/mol. The van der Waals surface area contributed by atoms with Crippen LogP contribution in [0.2, 0.25) is 0 Å². The molecule has 3 aromatic carbocycles. The van der Waals surface area contributed by atoms with Crippen molar-refractivity contribution in [2.24, 2.45) is 0 Å². The largest absolute Gasteiger partial charge is 0.367 e. The third-order valence-corrected chi connectivity index (χ3v) is 4.93. The molecule has 0 fully saturated rings. The molecule has 0 heterocycles. The normalized spacial score (nSPS) is 12.3. The monoisotopic (exact) mass is 395 g/mol. The average Bonchev–Trinajstić information content (AvgIpc) is 2.75. The highest BCUT2D eigenvalue weighted by molar-refractivity contribution is 5.30. The number of hydrogen-bond donors (Lipinski definition) is 1. The number of benzene rings is 3. The van der Waals surface area contributed by atoms with E-state index in [2.05, 4.69) is 36.5 Å². The minimum Gasteiger partial charge on any atom is -0.367 e. The molecule has 0 spiro atoms. The lowest BCUT2D eigenvalue weighted by Crippen LogP contribution is -2.30. The van der Waals surface area contributed by atoms with Crippen LogP contribution in [0.25, 0.3) is 0 Å². The Kier molecular flexibility index (Phi) is 7.91. The van der Waals surface area contributed by atoms with Gasteiger partial charge in [-0.1, -0.05) is 54.6 Å². The molecule has 29 heavy (non-hydrogen) atoms. The van der Waals surface area contributed by atoms with Crippen LogP contribution in [0.3, 0.4) is 0 Å². The van der Waals surface area contributed by atoms with E-state index in [0.717, 1.165) is 24.0 Å². The van der Waals surface area contributed by atoms with Crippen molar-refractivity contribution in [1.29, 1.82) is 0 Å². The predicted octanol–water partition coefficient (Wildman–Crippen LogP) is 5.68. The van der Waals surface area contributed by atoms with E-state index in [1.165, 1.54) is 29.8 Å². The van der Waals surface area contributed by atoms with Crippen LogP contribution >= 0.6 is 0 Å². The van der Waals surface area contributed by atoms with E-state index in [-0.39, 0.29) is 17.7 Å². The van der Waals surface area contributed by atoms with Gasteiger partial charge in [-0.05, 0) is 60.7 Å². The molecule has 0 bridgehead atoms. The summed E-state index contributed by atoms with van der Waals surface area (Å²) in [5.74, 6) is -0.582. The second kappa shape index (κ2) is 10.8. The van der Waals surface area contributed by atoms with Crippen LogP contribution in [0.15, 0.2) is 78.9 Å². The number of halogens is 2. The third-order valence-electron chi connectivity index (χ3n) is 4.93. The van der Waals surface area contributed by atoms with Gasteiger partial charge in [-0.15, -0.1) is 0 Å². The van der Waals surface area contributed by atoms with Gasteiger partial charge >= 0.3 is 0 Å². The molecule has 152 valence electrons. The maximum atomic E-state index is 13.3. The molecule has 0 aliphatic carbocycles. The van der Waals surface area contributed by atoms with Gasteiger partial charge in [0.2, 0.25) is 0 Å². The summed E-state index contributed by atoms with van der Waals surface area (Å²) in [6, 6.07) is 23.3. The Morgan fingerprint density at radius 1 is 0.793 bits per heavy atom. The fraction of sp³-hybridized carbons (Fsp3) is 0.280. The first-order valence-corrected chi connectivity index (χ1v) is 10.0. The van der Waals surface area contributed by atoms with Crippen LogP contribution in [0.4, 0.5) is 8.78 Å². The van der Waals surface area contributed by atoms with E-state index in [9.17, 15) is 8.78 Å². The molecule has 0 saturated carbocycles. The van der Waals surface area contributed by atoms with Crippen molar-refractivity contribution in [1.82, 2.24) is 5.32 Å². The van der Waals surface area contributed by atoms with Gasteiger partial charge in [0, 0.05) is 12.6 Å². The number of rotatable bonds is 10. The molecule has 3 aromatic rings.